The smallest absolute Gasteiger partial charge is 0.0613 e. The van der Waals surface area contributed by atoms with Crippen molar-refractivity contribution >= 4 is 11.1 Å². The summed E-state index contributed by atoms with van der Waals surface area (Å²) in [7, 11) is 0. The Bertz CT molecular complexity index is 154. The molecule has 0 amide bonds. The standard InChI is InChI=1S/C6H14N2O2S/c7-3-6-1-2-8(4-6)5-11(9)10/h6H,1-5,7H2,(H,9,10)/p-1. The molecule has 2 unspecified atom stereocenters. The van der Waals surface area contributed by atoms with Crippen molar-refractivity contribution in [3.8, 4) is 0 Å². The third-order valence-electron chi connectivity index (χ3n) is 1.99. The number of rotatable bonds is 3. The Hall–Kier alpha value is 0.0300. The van der Waals surface area contributed by atoms with Crippen molar-refractivity contribution in [3.05, 3.63) is 0 Å². The van der Waals surface area contributed by atoms with Gasteiger partial charge in [-0.15, -0.1) is 0 Å². The lowest BCUT2D eigenvalue weighted by molar-refractivity contribution is 0.365. The van der Waals surface area contributed by atoms with E-state index in [4.69, 9.17) is 5.73 Å². The summed E-state index contributed by atoms with van der Waals surface area (Å²) in [6, 6.07) is 0. The Morgan fingerprint density at radius 1 is 1.73 bits per heavy atom. The molecule has 0 aromatic rings. The second-order valence-corrected chi connectivity index (χ2v) is 3.77. The monoisotopic (exact) mass is 177 g/mol. The minimum atomic E-state index is -1.94. The van der Waals surface area contributed by atoms with Crippen LogP contribution < -0.4 is 5.73 Å². The third-order valence-corrected chi connectivity index (χ3v) is 2.57. The number of hydrogen-bond acceptors (Lipinski definition) is 4. The maximum atomic E-state index is 10.3. The molecule has 0 saturated carbocycles. The first kappa shape index (κ1) is 9.12. The van der Waals surface area contributed by atoms with E-state index in [-0.39, 0.29) is 5.88 Å². The summed E-state index contributed by atoms with van der Waals surface area (Å²) in [5, 5.41) is 0. The average molecular weight is 177 g/mol. The van der Waals surface area contributed by atoms with Gasteiger partial charge in [0.1, 0.15) is 0 Å². The van der Waals surface area contributed by atoms with Crippen molar-refractivity contribution in [3.63, 3.8) is 0 Å². The Balaban J connectivity index is 2.24. The van der Waals surface area contributed by atoms with Crippen LogP contribution in [0.3, 0.4) is 0 Å². The highest BCUT2D eigenvalue weighted by atomic mass is 32.2. The molecule has 0 radical (unpaired) electrons. The molecule has 0 spiro atoms. The van der Waals surface area contributed by atoms with Gasteiger partial charge in [-0.3, -0.25) is 9.11 Å². The summed E-state index contributed by atoms with van der Waals surface area (Å²) in [4.78, 5) is 1.92. The first-order chi connectivity index (χ1) is 5.22. The zero-order valence-corrected chi connectivity index (χ0v) is 7.18. The zero-order chi connectivity index (χ0) is 8.27. The predicted molar refractivity (Wildman–Crippen MR) is 42.5 cm³/mol. The highest BCUT2D eigenvalue weighted by Crippen LogP contribution is 2.14. The fourth-order valence-corrected chi connectivity index (χ4v) is 1.90. The van der Waals surface area contributed by atoms with Crippen molar-refractivity contribution in [1.82, 2.24) is 4.90 Å². The molecule has 1 aliphatic rings. The molecule has 0 aromatic heterocycles. The minimum Gasteiger partial charge on any atom is -0.771 e. The molecule has 0 aliphatic carbocycles. The van der Waals surface area contributed by atoms with E-state index in [9.17, 15) is 8.76 Å². The van der Waals surface area contributed by atoms with Crippen molar-refractivity contribution in [2.75, 3.05) is 25.5 Å². The van der Waals surface area contributed by atoms with Crippen LogP contribution in [-0.2, 0) is 11.1 Å². The Morgan fingerprint density at radius 3 is 2.91 bits per heavy atom. The molecule has 11 heavy (non-hydrogen) atoms. The van der Waals surface area contributed by atoms with E-state index < -0.39 is 11.1 Å². The normalized spacial score (nSPS) is 29.1. The van der Waals surface area contributed by atoms with Crippen LogP contribution in [0.4, 0.5) is 0 Å². The Kier molecular flexibility index (Phi) is 3.45. The fraction of sp³-hybridized carbons (Fsp3) is 1.00. The third kappa shape index (κ3) is 2.86. The van der Waals surface area contributed by atoms with E-state index in [0.29, 0.717) is 12.5 Å². The maximum absolute atomic E-state index is 10.3. The van der Waals surface area contributed by atoms with E-state index in [1.807, 2.05) is 4.90 Å². The SMILES string of the molecule is NCC1CCN(CS(=O)[O-])C1. The molecule has 0 aromatic carbocycles. The van der Waals surface area contributed by atoms with Gasteiger partial charge in [0, 0.05) is 6.54 Å². The second kappa shape index (κ2) is 4.15. The Labute approximate surface area is 69.0 Å². The highest BCUT2D eigenvalue weighted by Gasteiger charge is 2.20. The van der Waals surface area contributed by atoms with Crippen molar-refractivity contribution in [2.24, 2.45) is 11.7 Å². The molecule has 1 saturated heterocycles. The lowest BCUT2D eigenvalue weighted by Gasteiger charge is -2.16. The van der Waals surface area contributed by atoms with E-state index in [1.165, 1.54) is 0 Å². The molecule has 1 aliphatic heterocycles. The molecule has 0 bridgehead atoms. The highest BCUT2D eigenvalue weighted by molar-refractivity contribution is 7.79. The van der Waals surface area contributed by atoms with Gasteiger partial charge in [0.05, 0.1) is 5.88 Å². The molecule has 66 valence electrons. The predicted octanol–water partition coefficient (Wildman–Crippen LogP) is -0.896. The summed E-state index contributed by atoms with van der Waals surface area (Å²) in [6.45, 7) is 2.38. The van der Waals surface area contributed by atoms with Gasteiger partial charge < -0.3 is 10.3 Å². The van der Waals surface area contributed by atoms with Crippen LogP contribution in [0.5, 0.6) is 0 Å². The molecule has 1 fully saturated rings. The summed E-state index contributed by atoms with van der Waals surface area (Å²) < 4.78 is 20.6. The molecular formula is C6H13N2O2S-. The number of nitrogens with zero attached hydrogens (tertiary/aromatic N) is 1. The van der Waals surface area contributed by atoms with Crippen LogP contribution in [0.15, 0.2) is 0 Å². The maximum Gasteiger partial charge on any atom is 0.0613 e. The van der Waals surface area contributed by atoms with Gasteiger partial charge in [0.15, 0.2) is 0 Å². The summed E-state index contributed by atoms with van der Waals surface area (Å²) in [5.74, 6) is 0.662. The van der Waals surface area contributed by atoms with Crippen molar-refractivity contribution in [2.45, 2.75) is 6.42 Å². The van der Waals surface area contributed by atoms with E-state index in [0.717, 1.165) is 19.5 Å². The molecule has 2 N–H and O–H groups in total. The van der Waals surface area contributed by atoms with Gasteiger partial charge in [-0.25, -0.2) is 0 Å². The summed E-state index contributed by atoms with van der Waals surface area (Å²) in [5.41, 5.74) is 5.45. The van der Waals surface area contributed by atoms with Crippen molar-refractivity contribution < 1.29 is 8.76 Å². The van der Waals surface area contributed by atoms with Gasteiger partial charge >= 0.3 is 0 Å². The fourth-order valence-electron chi connectivity index (χ4n) is 1.37. The molecule has 1 rings (SSSR count). The largest absolute Gasteiger partial charge is 0.771 e. The second-order valence-electron chi connectivity index (χ2n) is 2.90. The summed E-state index contributed by atoms with van der Waals surface area (Å²) >= 11 is -1.94. The Morgan fingerprint density at radius 2 is 2.45 bits per heavy atom. The van der Waals surface area contributed by atoms with E-state index in [1.54, 1.807) is 0 Å². The van der Waals surface area contributed by atoms with E-state index in [2.05, 4.69) is 0 Å². The lowest BCUT2D eigenvalue weighted by atomic mass is 10.1. The first-order valence-electron chi connectivity index (χ1n) is 3.70. The van der Waals surface area contributed by atoms with Gasteiger partial charge in [0.25, 0.3) is 0 Å². The summed E-state index contributed by atoms with van der Waals surface area (Å²) in [6.07, 6.45) is 1.04. The molecular weight excluding hydrogens is 164 g/mol. The molecule has 4 nitrogen and oxygen atoms in total. The van der Waals surface area contributed by atoms with Gasteiger partial charge in [-0.05, 0) is 36.5 Å². The molecule has 5 heteroatoms. The van der Waals surface area contributed by atoms with Gasteiger partial charge in [0.2, 0.25) is 0 Å². The topological polar surface area (TPSA) is 69.4 Å². The van der Waals surface area contributed by atoms with Gasteiger partial charge in [-0.1, -0.05) is 0 Å². The lowest BCUT2D eigenvalue weighted by Crippen LogP contribution is -2.26. The number of likely N-dealkylation sites (tertiary alicyclic amines) is 1. The minimum absolute atomic E-state index is 0.163. The van der Waals surface area contributed by atoms with Crippen LogP contribution in [-0.4, -0.2) is 39.2 Å². The average Bonchev–Trinajstić information content (AvgIpc) is 2.34. The van der Waals surface area contributed by atoms with Crippen LogP contribution >= 0.6 is 0 Å². The molecule has 1 heterocycles. The van der Waals surface area contributed by atoms with Gasteiger partial charge in [-0.2, -0.15) is 0 Å². The number of hydrogen-bond donors (Lipinski definition) is 1. The zero-order valence-electron chi connectivity index (χ0n) is 6.36. The quantitative estimate of drug-likeness (QED) is 0.567. The van der Waals surface area contributed by atoms with Crippen molar-refractivity contribution in [1.29, 1.82) is 0 Å². The van der Waals surface area contributed by atoms with Crippen LogP contribution in [0, 0.1) is 5.92 Å². The van der Waals surface area contributed by atoms with Crippen LogP contribution in [0.1, 0.15) is 6.42 Å². The van der Waals surface area contributed by atoms with E-state index >= 15 is 0 Å². The number of nitrogens with two attached hydrogens (primary N) is 1. The molecule has 2 atom stereocenters. The van der Waals surface area contributed by atoms with Crippen LogP contribution in [0.2, 0.25) is 0 Å². The van der Waals surface area contributed by atoms with Crippen LogP contribution in [0.25, 0.3) is 0 Å². The first-order valence-corrected chi connectivity index (χ1v) is 4.95.